The van der Waals surface area contributed by atoms with Gasteiger partial charge in [-0.05, 0) is 52.1 Å². The zero-order chi connectivity index (χ0) is 18.6. The highest BCUT2D eigenvalue weighted by Gasteiger charge is 2.42. The topological polar surface area (TPSA) is 79.0 Å². The van der Waals surface area contributed by atoms with Crippen molar-refractivity contribution in [3.05, 3.63) is 47.3 Å². The third-order valence-corrected chi connectivity index (χ3v) is 4.81. The Balaban J connectivity index is 1.69. The van der Waals surface area contributed by atoms with Gasteiger partial charge in [-0.25, -0.2) is 0 Å². The second-order valence-corrected chi connectivity index (χ2v) is 7.28. The summed E-state index contributed by atoms with van der Waals surface area (Å²) in [6.07, 6.45) is 2.00. The molecule has 26 heavy (non-hydrogen) atoms. The summed E-state index contributed by atoms with van der Waals surface area (Å²) >= 11 is 0. The monoisotopic (exact) mass is 356 g/mol. The number of H-pyrrole nitrogens is 1. The molecule has 1 amide bonds. The van der Waals surface area contributed by atoms with Gasteiger partial charge in [0.15, 0.2) is 5.60 Å². The van der Waals surface area contributed by atoms with Gasteiger partial charge in [0.25, 0.3) is 5.91 Å². The molecule has 1 aromatic carbocycles. The van der Waals surface area contributed by atoms with E-state index in [2.05, 4.69) is 20.8 Å². The lowest BCUT2D eigenvalue weighted by molar-refractivity contribution is -0.139. The SMILES string of the molecule is Cc1ccc(OC2(C(=O)N[C@H](C)Cc3cc(C)[nH]n3)CCNCC2)cc1. The maximum absolute atomic E-state index is 13.1. The fourth-order valence-corrected chi connectivity index (χ4v) is 3.34. The van der Waals surface area contributed by atoms with Gasteiger partial charge in [0.1, 0.15) is 5.75 Å². The molecule has 1 aromatic heterocycles. The maximum atomic E-state index is 13.1. The highest BCUT2D eigenvalue weighted by molar-refractivity contribution is 5.86. The van der Waals surface area contributed by atoms with Gasteiger partial charge >= 0.3 is 0 Å². The van der Waals surface area contributed by atoms with Crippen molar-refractivity contribution in [3.63, 3.8) is 0 Å². The number of rotatable bonds is 6. The first-order chi connectivity index (χ1) is 12.5. The summed E-state index contributed by atoms with van der Waals surface area (Å²) in [5.74, 6) is 0.697. The highest BCUT2D eigenvalue weighted by Crippen LogP contribution is 2.27. The Morgan fingerprint density at radius 3 is 2.58 bits per heavy atom. The van der Waals surface area contributed by atoms with Crippen LogP contribution in [0.2, 0.25) is 0 Å². The number of hydrogen-bond donors (Lipinski definition) is 3. The lowest BCUT2D eigenvalue weighted by Crippen LogP contribution is -2.58. The van der Waals surface area contributed by atoms with E-state index < -0.39 is 5.60 Å². The minimum atomic E-state index is -0.823. The van der Waals surface area contributed by atoms with Crippen LogP contribution in [0.5, 0.6) is 5.75 Å². The number of piperidine rings is 1. The van der Waals surface area contributed by atoms with Crippen LogP contribution >= 0.6 is 0 Å². The molecule has 3 rings (SSSR count). The van der Waals surface area contributed by atoms with Crippen LogP contribution in [0.1, 0.15) is 36.7 Å². The number of nitrogens with zero attached hydrogens (tertiary/aromatic N) is 1. The van der Waals surface area contributed by atoms with Gasteiger partial charge in [0.2, 0.25) is 0 Å². The van der Waals surface area contributed by atoms with E-state index in [4.69, 9.17) is 4.74 Å². The first kappa shape index (κ1) is 18.5. The first-order valence-corrected chi connectivity index (χ1v) is 9.25. The molecule has 0 aliphatic carbocycles. The van der Waals surface area contributed by atoms with Gasteiger partial charge in [0.05, 0.1) is 5.69 Å². The van der Waals surface area contributed by atoms with Crippen LogP contribution < -0.4 is 15.4 Å². The molecule has 6 heteroatoms. The predicted octanol–water partition coefficient (Wildman–Crippen LogP) is 2.27. The van der Waals surface area contributed by atoms with Crippen molar-refractivity contribution < 1.29 is 9.53 Å². The van der Waals surface area contributed by atoms with E-state index in [0.29, 0.717) is 19.3 Å². The van der Waals surface area contributed by atoms with Crippen LogP contribution in [-0.4, -0.2) is 40.8 Å². The van der Waals surface area contributed by atoms with Crippen molar-refractivity contribution in [1.29, 1.82) is 0 Å². The summed E-state index contributed by atoms with van der Waals surface area (Å²) in [6, 6.07) is 9.87. The first-order valence-electron chi connectivity index (χ1n) is 9.25. The van der Waals surface area contributed by atoms with Crippen molar-refractivity contribution >= 4 is 5.91 Å². The molecule has 3 N–H and O–H groups in total. The minimum Gasteiger partial charge on any atom is -0.477 e. The molecule has 0 radical (unpaired) electrons. The normalized spacial score (nSPS) is 17.5. The molecule has 1 aliphatic rings. The summed E-state index contributed by atoms with van der Waals surface area (Å²) in [5, 5.41) is 13.6. The molecule has 0 saturated carbocycles. The van der Waals surface area contributed by atoms with Crippen LogP contribution in [0.25, 0.3) is 0 Å². The number of carbonyl (C=O) groups is 1. The quantitative estimate of drug-likeness (QED) is 0.742. The molecule has 2 heterocycles. The maximum Gasteiger partial charge on any atom is 0.264 e. The largest absolute Gasteiger partial charge is 0.477 e. The Morgan fingerprint density at radius 1 is 1.27 bits per heavy atom. The van der Waals surface area contributed by atoms with E-state index in [-0.39, 0.29) is 11.9 Å². The molecule has 1 atom stereocenters. The van der Waals surface area contributed by atoms with Crippen molar-refractivity contribution in [2.45, 2.75) is 51.7 Å². The number of aromatic nitrogens is 2. The molecule has 1 saturated heterocycles. The highest BCUT2D eigenvalue weighted by atomic mass is 16.5. The summed E-state index contributed by atoms with van der Waals surface area (Å²) in [6.45, 7) is 7.55. The van der Waals surface area contributed by atoms with Crippen LogP contribution in [0.4, 0.5) is 0 Å². The Bertz CT molecular complexity index is 733. The zero-order valence-corrected chi connectivity index (χ0v) is 15.8. The Kier molecular flexibility index (Phi) is 5.61. The van der Waals surface area contributed by atoms with E-state index >= 15 is 0 Å². The number of carbonyl (C=O) groups excluding carboxylic acids is 1. The van der Waals surface area contributed by atoms with Crippen LogP contribution in [0.15, 0.2) is 30.3 Å². The second kappa shape index (κ2) is 7.91. The van der Waals surface area contributed by atoms with E-state index in [1.807, 2.05) is 51.1 Å². The molecule has 1 aliphatic heterocycles. The van der Waals surface area contributed by atoms with Gasteiger partial charge in [-0.1, -0.05) is 17.7 Å². The van der Waals surface area contributed by atoms with Gasteiger partial charge in [-0.2, -0.15) is 5.10 Å². The number of ether oxygens (including phenoxy) is 1. The molecule has 6 nitrogen and oxygen atoms in total. The second-order valence-electron chi connectivity index (χ2n) is 7.28. The molecule has 2 aromatic rings. The van der Waals surface area contributed by atoms with Crippen molar-refractivity contribution in [1.82, 2.24) is 20.8 Å². The van der Waals surface area contributed by atoms with Gasteiger partial charge in [0, 0.05) is 31.0 Å². The van der Waals surface area contributed by atoms with Crippen LogP contribution in [-0.2, 0) is 11.2 Å². The third-order valence-electron chi connectivity index (χ3n) is 4.81. The van der Waals surface area contributed by atoms with Crippen LogP contribution in [0, 0.1) is 13.8 Å². The lowest BCUT2D eigenvalue weighted by Gasteiger charge is -2.37. The average molecular weight is 356 g/mol. The molecule has 1 fully saturated rings. The smallest absolute Gasteiger partial charge is 0.264 e. The minimum absolute atomic E-state index is 0.0152. The van der Waals surface area contributed by atoms with Crippen LogP contribution in [0.3, 0.4) is 0 Å². The van der Waals surface area contributed by atoms with E-state index in [1.54, 1.807) is 0 Å². The Morgan fingerprint density at radius 2 is 1.96 bits per heavy atom. The number of amides is 1. The number of aromatic amines is 1. The van der Waals surface area contributed by atoms with Gasteiger partial charge in [-0.15, -0.1) is 0 Å². The van der Waals surface area contributed by atoms with E-state index in [1.165, 1.54) is 5.56 Å². The summed E-state index contributed by atoms with van der Waals surface area (Å²) < 4.78 is 6.24. The van der Waals surface area contributed by atoms with Gasteiger partial charge < -0.3 is 15.4 Å². The molecule has 0 bridgehead atoms. The average Bonchev–Trinajstić information content (AvgIpc) is 3.02. The Hall–Kier alpha value is -2.34. The number of nitrogens with one attached hydrogen (secondary N) is 3. The number of hydrogen-bond acceptors (Lipinski definition) is 4. The summed E-state index contributed by atoms with van der Waals surface area (Å²) in [4.78, 5) is 13.1. The predicted molar refractivity (Wildman–Crippen MR) is 101 cm³/mol. The lowest BCUT2D eigenvalue weighted by atomic mass is 9.90. The van der Waals surface area contributed by atoms with Crippen molar-refractivity contribution in [2.24, 2.45) is 0 Å². The Labute approximate surface area is 154 Å². The third kappa shape index (κ3) is 4.43. The fraction of sp³-hybridized carbons (Fsp3) is 0.500. The molecular weight excluding hydrogens is 328 g/mol. The summed E-state index contributed by atoms with van der Waals surface area (Å²) in [5.41, 5.74) is 2.32. The standard InChI is InChI=1S/C20H28N4O2/c1-14-4-6-18(7-5-14)26-20(8-10-21-11-9-20)19(25)22-15(2)12-17-13-16(3)23-24-17/h4-7,13,15,21H,8-12H2,1-3H3,(H,22,25)(H,23,24)/t15-/m1/s1. The zero-order valence-electron chi connectivity index (χ0n) is 15.8. The molecular formula is C20H28N4O2. The van der Waals surface area contributed by atoms with E-state index in [0.717, 1.165) is 30.2 Å². The van der Waals surface area contributed by atoms with Crippen molar-refractivity contribution in [3.8, 4) is 5.75 Å². The molecule has 0 spiro atoms. The fourth-order valence-electron chi connectivity index (χ4n) is 3.34. The number of aryl methyl sites for hydroxylation is 2. The molecule has 140 valence electrons. The van der Waals surface area contributed by atoms with Crippen molar-refractivity contribution in [2.75, 3.05) is 13.1 Å². The molecule has 0 unspecified atom stereocenters. The number of benzene rings is 1. The van der Waals surface area contributed by atoms with Gasteiger partial charge in [-0.3, -0.25) is 9.89 Å². The van der Waals surface area contributed by atoms with E-state index in [9.17, 15) is 4.79 Å². The summed E-state index contributed by atoms with van der Waals surface area (Å²) in [7, 11) is 0.